The number of rotatable bonds is 7. The number of hydrogen-bond donors (Lipinski definition) is 4. The van der Waals surface area contributed by atoms with E-state index < -0.39 is 11.6 Å². The van der Waals surface area contributed by atoms with Crippen LogP contribution < -0.4 is 26.6 Å². The lowest BCUT2D eigenvalue weighted by Crippen LogP contribution is -2.39. The molecule has 1 heterocycles. The van der Waals surface area contributed by atoms with E-state index in [9.17, 15) is 9.18 Å². The standard InChI is InChI=1S/C21H24F2N4O2/c1-3-10-25-21(28)20-18(24)13-8-9-14(22)16(19(13)26-27-20)12-6-5-7-15(17(12)23)29-11-4-2/h5-9,26-27H,3-4,10-11,24H2,1-2H3,(H,25,28). The van der Waals surface area contributed by atoms with Crippen LogP contribution in [-0.4, -0.2) is 19.1 Å². The summed E-state index contributed by atoms with van der Waals surface area (Å²) in [5.41, 5.74) is 12.7. The zero-order valence-electron chi connectivity index (χ0n) is 16.4. The third kappa shape index (κ3) is 3.96. The Bertz CT molecular complexity index is 960. The second-order valence-electron chi connectivity index (χ2n) is 6.61. The summed E-state index contributed by atoms with van der Waals surface area (Å²) in [6.07, 6.45) is 1.49. The first kappa shape index (κ1) is 20.4. The maximum Gasteiger partial charge on any atom is 0.271 e. The van der Waals surface area contributed by atoms with Crippen LogP contribution in [0.2, 0.25) is 0 Å². The molecule has 0 fully saturated rings. The van der Waals surface area contributed by atoms with Gasteiger partial charge in [-0.1, -0.05) is 26.0 Å². The fraction of sp³-hybridized carbons (Fsp3) is 0.286. The van der Waals surface area contributed by atoms with Gasteiger partial charge in [-0.25, -0.2) is 8.78 Å². The number of benzene rings is 2. The summed E-state index contributed by atoms with van der Waals surface area (Å²) in [7, 11) is 0. The summed E-state index contributed by atoms with van der Waals surface area (Å²) in [6.45, 7) is 4.69. The first-order valence-electron chi connectivity index (χ1n) is 9.54. The highest BCUT2D eigenvalue weighted by molar-refractivity contribution is 6.04. The minimum absolute atomic E-state index is 0.00501. The summed E-state index contributed by atoms with van der Waals surface area (Å²) in [5.74, 6) is -1.62. The van der Waals surface area contributed by atoms with Crippen LogP contribution in [0.5, 0.6) is 5.75 Å². The predicted octanol–water partition coefficient (Wildman–Crippen LogP) is 3.50. The quantitative estimate of drug-likeness (QED) is 0.569. The number of amides is 1. The summed E-state index contributed by atoms with van der Waals surface area (Å²) < 4.78 is 35.2. The van der Waals surface area contributed by atoms with Gasteiger partial charge in [0.2, 0.25) is 0 Å². The lowest BCUT2D eigenvalue weighted by atomic mass is 9.96. The van der Waals surface area contributed by atoms with Crippen LogP contribution in [0.1, 0.15) is 32.3 Å². The summed E-state index contributed by atoms with van der Waals surface area (Å²) in [5, 5.41) is 2.73. The van der Waals surface area contributed by atoms with Gasteiger partial charge in [0.15, 0.2) is 11.6 Å². The fourth-order valence-corrected chi connectivity index (χ4v) is 3.06. The highest BCUT2D eigenvalue weighted by atomic mass is 19.1. The zero-order chi connectivity index (χ0) is 21.0. The van der Waals surface area contributed by atoms with Gasteiger partial charge in [-0.3, -0.25) is 15.6 Å². The molecule has 0 bridgehead atoms. The second kappa shape index (κ2) is 8.81. The van der Waals surface area contributed by atoms with E-state index in [1.54, 1.807) is 6.07 Å². The highest BCUT2D eigenvalue weighted by Crippen LogP contribution is 2.40. The van der Waals surface area contributed by atoms with Crippen molar-refractivity contribution in [1.82, 2.24) is 10.7 Å². The van der Waals surface area contributed by atoms with Crippen molar-refractivity contribution in [3.05, 3.63) is 53.2 Å². The van der Waals surface area contributed by atoms with Gasteiger partial charge in [-0.05, 0) is 31.0 Å². The van der Waals surface area contributed by atoms with Crippen molar-refractivity contribution in [2.75, 3.05) is 18.6 Å². The summed E-state index contributed by atoms with van der Waals surface area (Å²) in [4.78, 5) is 12.3. The lowest BCUT2D eigenvalue weighted by molar-refractivity contribution is -0.117. The lowest BCUT2D eigenvalue weighted by Gasteiger charge is -2.26. The Morgan fingerprint density at radius 2 is 1.90 bits per heavy atom. The van der Waals surface area contributed by atoms with Crippen LogP contribution in [0.3, 0.4) is 0 Å². The Balaban J connectivity index is 2.08. The normalized spacial score (nSPS) is 12.7. The largest absolute Gasteiger partial charge is 0.491 e. The smallest absolute Gasteiger partial charge is 0.271 e. The minimum atomic E-state index is -0.663. The minimum Gasteiger partial charge on any atom is -0.491 e. The first-order valence-corrected chi connectivity index (χ1v) is 9.54. The molecule has 2 aromatic rings. The number of ether oxygens (including phenoxy) is 1. The highest BCUT2D eigenvalue weighted by Gasteiger charge is 2.27. The third-order valence-electron chi connectivity index (χ3n) is 4.48. The van der Waals surface area contributed by atoms with Crippen molar-refractivity contribution in [3.8, 4) is 16.9 Å². The Morgan fingerprint density at radius 3 is 2.62 bits per heavy atom. The number of nitrogens with two attached hydrogens (primary N) is 1. The van der Waals surface area contributed by atoms with Gasteiger partial charge in [0.25, 0.3) is 5.91 Å². The van der Waals surface area contributed by atoms with Gasteiger partial charge in [-0.2, -0.15) is 0 Å². The number of carbonyl (C=O) groups excluding carboxylic acids is 1. The molecule has 0 radical (unpaired) electrons. The number of hydrogen-bond acceptors (Lipinski definition) is 5. The molecule has 0 saturated heterocycles. The summed E-state index contributed by atoms with van der Waals surface area (Å²) in [6, 6.07) is 7.23. The molecule has 0 unspecified atom stereocenters. The molecule has 6 nitrogen and oxygen atoms in total. The zero-order valence-corrected chi connectivity index (χ0v) is 16.4. The molecule has 1 amide bonds. The number of carbonyl (C=O) groups is 1. The third-order valence-corrected chi connectivity index (χ3v) is 4.48. The van der Waals surface area contributed by atoms with Crippen LogP contribution >= 0.6 is 0 Å². The molecular formula is C21H24F2N4O2. The van der Waals surface area contributed by atoms with Crippen LogP contribution in [0.4, 0.5) is 14.5 Å². The van der Waals surface area contributed by atoms with Gasteiger partial charge in [0.05, 0.1) is 18.0 Å². The molecule has 5 N–H and O–H groups in total. The van der Waals surface area contributed by atoms with Gasteiger partial charge < -0.3 is 15.8 Å². The molecule has 0 aliphatic carbocycles. The number of hydrazine groups is 1. The van der Waals surface area contributed by atoms with Crippen LogP contribution in [-0.2, 0) is 4.79 Å². The Kier molecular flexibility index (Phi) is 6.21. The molecule has 3 rings (SSSR count). The van der Waals surface area contributed by atoms with Crippen molar-refractivity contribution in [2.24, 2.45) is 5.73 Å². The fourth-order valence-electron chi connectivity index (χ4n) is 3.06. The molecule has 0 aromatic heterocycles. The molecule has 0 saturated carbocycles. The van der Waals surface area contributed by atoms with E-state index in [0.29, 0.717) is 25.1 Å². The van der Waals surface area contributed by atoms with Gasteiger partial charge in [0.1, 0.15) is 11.5 Å². The van der Waals surface area contributed by atoms with E-state index in [1.165, 1.54) is 24.3 Å². The topological polar surface area (TPSA) is 88.4 Å². The van der Waals surface area contributed by atoms with E-state index in [0.717, 1.165) is 6.42 Å². The Labute approximate surface area is 168 Å². The molecule has 1 aliphatic heterocycles. The Hall–Kier alpha value is -3.29. The average molecular weight is 402 g/mol. The molecule has 0 spiro atoms. The molecule has 1 aliphatic rings. The number of anilines is 1. The Morgan fingerprint density at radius 1 is 1.10 bits per heavy atom. The molecule has 2 aromatic carbocycles. The van der Waals surface area contributed by atoms with Crippen molar-refractivity contribution >= 4 is 17.3 Å². The van der Waals surface area contributed by atoms with Crippen molar-refractivity contribution in [3.63, 3.8) is 0 Å². The maximum atomic E-state index is 15.0. The van der Waals surface area contributed by atoms with Crippen LogP contribution in [0.15, 0.2) is 36.0 Å². The van der Waals surface area contributed by atoms with E-state index in [4.69, 9.17) is 10.5 Å². The summed E-state index contributed by atoms with van der Waals surface area (Å²) >= 11 is 0. The van der Waals surface area contributed by atoms with Crippen molar-refractivity contribution in [1.29, 1.82) is 0 Å². The molecular weight excluding hydrogens is 378 g/mol. The second-order valence-corrected chi connectivity index (χ2v) is 6.61. The number of fused-ring (bicyclic) bond motifs is 1. The van der Waals surface area contributed by atoms with Crippen molar-refractivity contribution < 1.29 is 18.3 Å². The maximum absolute atomic E-state index is 15.0. The van der Waals surface area contributed by atoms with E-state index in [-0.39, 0.29) is 39.9 Å². The van der Waals surface area contributed by atoms with Crippen LogP contribution in [0, 0.1) is 11.6 Å². The van der Waals surface area contributed by atoms with Crippen LogP contribution in [0.25, 0.3) is 16.8 Å². The number of halogens is 2. The monoisotopic (exact) mass is 402 g/mol. The average Bonchev–Trinajstić information content (AvgIpc) is 2.72. The van der Waals surface area contributed by atoms with E-state index in [1.807, 2.05) is 13.8 Å². The molecule has 0 atom stereocenters. The molecule has 29 heavy (non-hydrogen) atoms. The predicted molar refractivity (Wildman–Crippen MR) is 109 cm³/mol. The van der Waals surface area contributed by atoms with E-state index >= 15 is 4.39 Å². The van der Waals surface area contributed by atoms with Gasteiger partial charge >= 0.3 is 0 Å². The van der Waals surface area contributed by atoms with Gasteiger partial charge in [0, 0.05) is 23.2 Å². The first-order chi connectivity index (χ1) is 14.0. The van der Waals surface area contributed by atoms with Crippen molar-refractivity contribution in [2.45, 2.75) is 26.7 Å². The van der Waals surface area contributed by atoms with E-state index in [2.05, 4.69) is 16.2 Å². The molecule has 154 valence electrons. The molecule has 8 heteroatoms. The van der Waals surface area contributed by atoms with Gasteiger partial charge in [-0.15, -0.1) is 0 Å². The SMILES string of the molecule is CCCNC(=O)C1=C(N)c2ccc(F)c(-c3cccc(OCCC)c3F)c2NN1. The number of nitrogens with one attached hydrogen (secondary N) is 3.